The lowest BCUT2D eigenvalue weighted by Gasteiger charge is -2.14. The monoisotopic (exact) mass is 396 g/mol. The number of carbonyl (C=O) groups excluding carboxylic acids is 2. The second-order valence-corrected chi connectivity index (χ2v) is 5.84. The Morgan fingerprint density at radius 2 is 1.64 bits per heavy atom. The quantitative estimate of drug-likeness (QED) is 0.637. The topological polar surface area (TPSA) is 87.7 Å². The van der Waals surface area contributed by atoms with Gasteiger partial charge in [-0.2, -0.15) is 13.2 Å². The van der Waals surface area contributed by atoms with Gasteiger partial charge >= 0.3 is 6.18 Å². The van der Waals surface area contributed by atoms with E-state index in [0.717, 1.165) is 24.3 Å². The van der Waals surface area contributed by atoms with E-state index >= 15 is 0 Å². The average Bonchev–Trinajstić information content (AvgIpc) is 2.69. The van der Waals surface area contributed by atoms with Gasteiger partial charge in [-0.05, 0) is 36.4 Å². The van der Waals surface area contributed by atoms with Crippen molar-refractivity contribution in [2.24, 2.45) is 0 Å². The standard InChI is InChI=1S/C19H19F3N2O4/c20-19(21,22)14-6-8-16(9-7-14)28-12-15(25)10-23-17(26)11-24-18(27)13-4-2-1-3-5-13/h1-9,15,25H,10-12H2,(H,23,26)(H,24,27). The number of nitrogens with one attached hydrogen (secondary N) is 2. The predicted molar refractivity (Wildman–Crippen MR) is 94.7 cm³/mol. The highest BCUT2D eigenvalue weighted by molar-refractivity contribution is 5.96. The molecule has 0 bridgehead atoms. The van der Waals surface area contributed by atoms with Crippen LogP contribution in [0.5, 0.6) is 5.75 Å². The third-order valence-electron chi connectivity index (χ3n) is 3.60. The summed E-state index contributed by atoms with van der Waals surface area (Å²) in [6.45, 7) is -0.622. The molecule has 0 radical (unpaired) electrons. The predicted octanol–water partition coefficient (Wildman–Crippen LogP) is 1.99. The smallest absolute Gasteiger partial charge is 0.416 e. The van der Waals surface area contributed by atoms with Gasteiger partial charge in [-0.3, -0.25) is 9.59 Å². The van der Waals surface area contributed by atoms with Crippen molar-refractivity contribution in [1.29, 1.82) is 0 Å². The molecule has 1 atom stereocenters. The van der Waals surface area contributed by atoms with Crippen LogP contribution in [0, 0.1) is 0 Å². The summed E-state index contributed by atoms with van der Waals surface area (Å²) in [5.74, 6) is -0.742. The highest BCUT2D eigenvalue weighted by Gasteiger charge is 2.30. The molecule has 150 valence electrons. The summed E-state index contributed by atoms with van der Waals surface area (Å²) >= 11 is 0. The lowest BCUT2D eigenvalue weighted by molar-refractivity contribution is -0.137. The molecule has 2 aromatic rings. The van der Waals surface area contributed by atoms with Crippen LogP contribution in [0.15, 0.2) is 54.6 Å². The first kappa shape index (κ1) is 21.2. The fourth-order valence-corrected chi connectivity index (χ4v) is 2.14. The Labute approximate surface area is 159 Å². The molecule has 0 aliphatic heterocycles. The second kappa shape index (κ2) is 9.75. The van der Waals surface area contributed by atoms with Crippen molar-refractivity contribution in [1.82, 2.24) is 10.6 Å². The van der Waals surface area contributed by atoms with Crippen LogP contribution in [0.2, 0.25) is 0 Å². The summed E-state index contributed by atoms with van der Waals surface area (Å²) in [4.78, 5) is 23.5. The van der Waals surface area contributed by atoms with E-state index in [1.165, 1.54) is 0 Å². The van der Waals surface area contributed by atoms with Crippen LogP contribution in [0.3, 0.4) is 0 Å². The first-order chi connectivity index (χ1) is 13.3. The normalized spacial score (nSPS) is 12.1. The molecule has 0 aromatic heterocycles. The molecule has 0 spiro atoms. The van der Waals surface area contributed by atoms with Gasteiger partial charge in [-0.1, -0.05) is 18.2 Å². The number of rotatable bonds is 8. The number of alkyl halides is 3. The number of carbonyl (C=O) groups is 2. The fraction of sp³-hybridized carbons (Fsp3) is 0.263. The molecule has 9 heteroatoms. The van der Waals surface area contributed by atoms with Crippen molar-refractivity contribution in [3.8, 4) is 5.75 Å². The maximum absolute atomic E-state index is 12.5. The van der Waals surface area contributed by atoms with Gasteiger partial charge in [0.25, 0.3) is 5.91 Å². The number of ether oxygens (including phenoxy) is 1. The van der Waals surface area contributed by atoms with Gasteiger partial charge in [0, 0.05) is 12.1 Å². The SMILES string of the molecule is O=C(CNC(=O)c1ccccc1)NCC(O)COc1ccc(C(F)(F)F)cc1. The molecule has 0 aliphatic carbocycles. The molecule has 0 saturated carbocycles. The molecule has 2 aromatic carbocycles. The van der Waals surface area contributed by atoms with Gasteiger partial charge in [0.15, 0.2) is 0 Å². The maximum atomic E-state index is 12.5. The van der Waals surface area contributed by atoms with Crippen LogP contribution < -0.4 is 15.4 Å². The van der Waals surface area contributed by atoms with Crippen molar-refractivity contribution in [2.45, 2.75) is 12.3 Å². The lowest BCUT2D eigenvalue weighted by Crippen LogP contribution is -2.41. The summed E-state index contributed by atoms with van der Waals surface area (Å²) in [5, 5.41) is 14.7. The zero-order chi connectivity index (χ0) is 20.6. The fourth-order valence-electron chi connectivity index (χ4n) is 2.14. The lowest BCUT2D eigenvalue weighted by atomic mass is 10.2. The zero-order valence-corrected chi connectivity index (χ0v) is 14.7. The van der Waals surface area contributed by atoms with Crippen molar-refractivity contribution in [2.75, 3.05) is 19.7 Å². The minimum Gasteiger partial charge on any atom is -0.491 e. The molecule has 0 heterocycles. The minimum atomic E-state index is -4.43. The highest BCUT2D eigenvalue weighted by Crippen LogP contribution is 2.30. The van der Waals surface area contributed by atoms with Gasteiger partial charge in [-0.25, -0.2) is 0 Å². The second-order valence-electron chi connectivity index (χ2n) is 5.84. The van der Waals surface area contributed by atoms with Crippen molar-refractivity contribution in [3.05, 3.63) is 65.7 Å². The zero-order valence-electron chi connectivity index (χ0n) is 14.7. The van der Waals surface area contributed by atoms with E-state index < -0.39 is 29.7 Å². The number of aliphatic hydroxyl groups excluding tert-OH is 1. The van der Waals surface area contributed by atoms with Gasteiger partial charge in [0.1, 0.15) is 18.5 Å². The molecule has 28 heavy (non-hydrogen) atoms. The number of aliphatic hydroxyl groups is 1. The Morgan fingerprint density at radius 3 is 2.25 bits per heavy atom. The highest BCUT2D eigenvalue weighted by atomic mass is 19.4. The maximum Gasteiger partial charge on any atom is 0.416 e. The Balaban J connectivity index is 1.67. The summed E-state index contributed by atoms with van der Waals surface area (Å²) in [5.41, 5.74) is -0.384. The van der Waals surface area contributed by atoms with Crippen LogP contribution in [0.1, 0.15) is 15.9 Å². The van der Waals surface area contributed by atoms with E-state index in [2.05, 4.69) is 10.6 Å². The first-order valence-electron chi connectivity index (χ1n) is 8.34. The molecule has 0 fully saturated rings. The van der Waals surface area contributed by atoms with Crippen LogP contribution >= 0.6 is 0 Å². The molecule has 6 nitrogen and oxygen atoms in total. The number of amides is 2. The van der Waals surface area contributed by atoms with Gasteiger partial charge in [0.2, 0.25) is 5.91 Å². The van der Waals surface area contributed by atoms with Crippen LogP contribution in [0.25, 0.3) is 0 Å². The van der Waals surface area contributed by atoms with E-state index in [9.17, 15) is 27.9 Å². The molecule has 0 aliphatic rings. The van der Waals surface area contributed by atoms with E-state index in [1.54, 1.807) is 30.3 Å². The van der Waals surface area contributed by atoms with Crippen LogP contribution in [0.4, 0.5) is 13.2 Å². The Hall–Kier alpha value is -3.07. The molecule has 2 rings (SSSR count). The van der Waals surface area contributed by atoms with E-state index in [-0.39, 0.29) is 25.4 Å². The van der Waals surface area contributed by atoms with Crippen LogP contribution in [-0.4, -0.2) is 42.7 Å². The molecule has 3 N–H and O–H groups in total. The summed E-state index contributed by atoms with van der Waals surface area (Å²) in [6.07, 6.45) is -5.51. The Kier molecular flexibility index (Phi) is 7.39. The van der Waals surface area contributed by atoms with Gasteiger partial charge in [0.05, 0.1) is 12.1 Å². The number of halogens is 3. The molecule has 2 amide bonds. The molecular weight excluding hydrogens is 377 g/mol. The third kappa shape index (κ3) is 6.92. The number of benzene rings is 2. The first-order valence-corrected chi connectivity index (χ1v) is 8.34. The van der Waals surface area contributed by atoms with Gasteiger partial charge in [-0.15, -0.1) is 0 Å². The third-order valence-corrected chi connectivity index (χ3v) is 3.60. The van der Waals surface area contributed by atoms with E-state index in [4.69, 9.17) is 4.74 Å². The molecule has 1 unspecified atom stereocenters. The van der Waals surface area contributed by atoms with E-state index in [0.29, 0.717) is 5.56 Å². The average molecular weight is 396 g/mol. The Bertz CT molecular complexity index is 780. The van der Waals surface area contributed by atoms with E-state index in [1.807, 2.05) is 0 Å². The summed E-state index contributed by atoms with van der Waals surface area (Å²) in [6, 6.07) is 12.4. The largest absolute Gasteiger partial charge is 0.491 e. The van der Waals surface area contributed by atoms with Crippen molar-refractivity contribution < 1.29 is 32.6 Å². The molecule has 0 saturated heterocycles. The summed E-state index contributed by atoms with van der Waals surface area (Å²) < 4.78 is 42.6. The van der Waals surface area contributed by atoms with Gasteiger partial charge < -0.3 is 20.5 Å². The molecular formula is C19H19F3N2O4. The van der Waals surface area contributed by atoms with Crippen LogP contribution in [-0.2, 0) is 11.0 Å². The number of hydrogen-bond donors (Lipinski definition) is 3. The minimum absolute atomic E-state index is 0.138. The van der Waals surface area contributed by atoms with Crippen molar-refractivity contribution >= 4 is 11.8 Å². The Morgan fingerprint density at radius 1 is 1.00 bits per heavy atom. The summed E-state index contributed by atoms with van der Waals surface area (Å²) in [7, 11) is 0. The number of hydrogen-bond acceptors (Lipinski definition) is 4. The van der Waals surface area contributed by atoms with Crippen molar-refractivity contribution in [3.63, 3.8) is 0 Å².